The number of carbonyl (C=O) groups excluding carboxylic acids is 1. The van der Waals surface area contributed by atoms with Crippen molar-refractivity contribution in [3.8, 4) is 5.75 Å². The van der Waals surface area contributed by atoms with Crippen LogP contribution in [0, 0.1) is 17.3 Å². The maximum atomic E-state index is 12.8. The fourth-order valence-electron chi connectivity index (χ4n) is 5.63. The van der Waals surface area contributed by atoms with Crippen molar-refractivity contribution in [3.05, 3.63) is 29.8 Å². The van der Waals surface area contributed by atoms with Crippen LogP contribution in [0.2, 0.25) is 0 Å². The Kier molecular flexibility index (Phi) is 4.13. The maximum Gasteiger partial charge on any atom is 0.338 e. The van der Waals surface area contributed by atoms with Gasteiger partial charge < -0.3 is 19.7 Å². The number of rotatable bonds is 3. The number of aromatic hydroxyl groups is 1. The highest BCUT2D eigenvalue weighted by Gasteiger charge is 2.68. The van der Waals surface area contributed by atoms with Gasteiger partial charge in [0.25, 0.3) is 0 Å². The lowest BCUT2D eigenvalue weighted by atomic mass is 9.67. The normalized spacial score (nSPS) is 43.0. The largest absolute Gasteiger partial charge is 0.508 e. The number of phenolic OH excluding ortho intramolecular Hbond substituents is 1. The molecule has 1 aromatic rings. The molecule has 4 rings (SSSR count). The van der Waals surface area contributed by atoms with E-state index in [0.29, 0.717) is 12.0 Å². The molecule has 0 amide bonds. The van der Waals surface area contributed by atoms with Gasteiger partial charge in [-0.1, -0.05) is 20.8 Å². The van der Waals surface area contributed by atoms with Gasteiger partial charge >= 0.3 is 5.97 Å². The minimum atomic E-state index is -0.845. The minimum absolute atomic E-state index is 0.0855. The lowest BCUT2D eigenvalue weighted by molar-refractivity contribution is -0.120. The maximum absolute atomic E-state index is 12.8. The van der Waals surface area contributed by atoms with Crippen LogP contribution in [0.15, 0.2) is 24.3 Å². The molecule has 1 aromatic carbocycles. The first-order chi connectivity index (χ1) is 12.6. The van der Waals surface area contributed by atoms with Gasteiger partial charge in [-0.2, -0.15) is 0 Å². The van der Waals surface area contributed by atoms with E-state index in [1.165, 1.54) is 12.1 Å². The fraction of sp³-hybridized carbons (Fsp3) is 0.682. The third-order valence-corrected chi connectivity index (χ3v) is 7.41. The van der Waals surface area contributed by atoms with Gasteiger partial charge in [0.2, 0.25) is 0 Å². The Morgan fingerprint density at radius 3 is 2.48 bits per heavy atom. The zero-order valence-corrected chi connectivity index (χ0v) is 16.6. The third kappa shape index (κ3) is 2.95. The van der Waals surface area contributed by atoms with Crippen LogP contribution >= 0.6 is 0 Å². The van der Waals surface area contributed by atoms with Crippen LogP contribution in [0.25, 0.3) is 0 Å². The standard InChI is InChI=1S/C22H30O5/c1-13(2)22(25)10-9-20(3)12-17-21(4,27-17)11-16(18(20)22)26-19(24)14-5-7-15(23)8-6-14/h5-8,13,16-18,23,25H,9-12H2,1-4H3/t16-,17-,18?,20+,21+,22+/m0/s1. The van der Waals surface area contributed by atoms with Crippen molar-refractivity contribution in [3.63, 3.8) is 0 Å². The van der Waals surface area contributed by atoms with E-state index in [4.69, 9.17) is 9.47 Å². The highest BCUT2D eigenvalue weighted by atomic mass is 16.6. The molecule has 1 unspecified atom stereocenters. The molecular formula is C22H30O5. The molecule has 0 bridgehead atoms. The molecule has 0 radical (unpaired) electrons. The fourth-order valence-corrected chi connectivity index (χ4v) is 5.63. The molecule has 6 atom stereocenters. The average molecular weight is 374 g/mol. The average Bonchev–Trinajstić information content (AvgIpc) is 3.12. The third-order valence-electron chi connectivity index (χ3n) is 7.41. The number of epoxide rings is 1. The van der Waals surface area contributed by atoms with E-state index >= 15 is 0 Å². The predicted molar refractivity (Wildman–Crippen MR) is 100 cm³/mol. The number of hydrogen-bond donors (Lipinski definition) is 2. The molecule has 5 heteroatoms. The van der Waals surface area contributed by atoms with Crippen LogP contribution in [0.3, 0.4) is 0 Å². The molecule has 2 saturated carbocycles. The SMILES string of the molecule is CC(C)[C@]1(O)CC[C@]2(C)C[C@@H]3O[C@]3(C)C[C@H](OC(=O)c3ccc(O)cc3)C21. The number of aliphatic hydroxyl groups is 1. The first-order valence-electron chi connectivity index (χ1n) is 9.98. The molecule has 1 heterocycles. The van der Waals surface area contributed by atoms with E-state index in [0.717, 1.165) is 19.3 Å². The number of ether oxygens (including phenoxy) is 2. The van der Waals surface area contributed by atoms with E-state index in [9.17, 15) is 15.0 Å². The highest BCUT2D eigenvalue weighted by Crippen LogP contribution is 2.63. The van der Waals surface area contributed by atoms with Crippen LogP contribution in [0.1, 0.15) is 63.7 Å². The molecule has 3 aliphatic rings. The zero-order chi connectivity index (χ0) is 19.6. The van der Waals surface area contributed by atoms with Gasteiger partial charge in [-0.3, -0.25) is 0 Å². The van der Waals surface area contributed by atoms with Crippen LogP contribution < -0.4 is 0 Å². The summed E-state index contributed by atoms with van der Waals surface area (Å²) >= 11 is 0. The van der Waals surface area contributed by atoms with Crippen molar-refractivity contribution in [2.75, 3.05) is 0 Å². The molecule has 3 fully saturated rings. The lowest BCUT2D eigenvalue weighted by Gasteiger charge is -2.44. The van der Waals surface area contributed by atoms with Crippen molar-refractivity contribution in [2.24, 2.45) is 17.3 Å². The molecule has 27 heavy (non-hydrogen) atoms. The second-order valence-electron chi connectivity index (χ2n) is 9.60. The monoisotopic (exact) mass is 374 g/mol. The minimum Gasteiger partial charge on any atom is -0.508 e. The molecule has 148 valence electrons. The van der Waals surface area contributed by atoms with Gasteiger partial charge in [-0.05, 0) is 61.8 Å². The molecule has 0 spiro atoms. The molecule has 1 saturated heterocycles. The molecule has 0 aromatic heterocycles. The first kappa shape index (κ1) is 18.8. The van der Waals surface area contributed by atoms with Crippen LogP contribution in [-0.2, 0) is 9.47 Å². The van der Waals surface area contributed by atoms with E-state index in [-0.39, 0.29) is 34.7 Å². The molecule has 1 aliphatic heterocycles. The zero-order valence-electron chi connectivity index (χ0n) is 16.6. The predicted octanol–water partition coefficient (Wildman–Crippen LogP) is 3.67. The van der Waals surface area contributed by atoms with E-state index < -0.39 is 17.7 Å². The Balaban J connectivity index is 1.67. The van der Waals surface area contributed by atoms with Crippen molar-refractivity contribution in [1.29, 1.82) is 0 Å². The van der Waals surface area contributed by atoms with Crippen molar-refractivity contribution in [1.82, 2.24) is 0 Å². The highest BCUT2D eigenvalue weighted by molar-refractivity contribution is 5.89. The number of fused-ring (bicyclic) bond motifs is 2. The molecule has 2 aliphatic carbocycles. The van der Waals surface area contributed by atoms with E-state index in [1.54, 1.807) is 12.1 Å². The van der Waals surface area contributed by atoms with E-state index in [2.05, 4.69) is 27.7 Å². The second kappa shape index (κ2) is 5.95. The smallest absolute Gasteiger partial charge is 0.338 e. The summed E-state index contributed by atoms with van der Waals surface area (Å²) in [5.74, 6) is -0.329. The summed E-state index contributed by atoms with van der Waals surface area (Å²) in [5, 5.41) is 21.0. The Bertz CT molecular complexity index is 744. The summed E-state index contributed by atoms with van der Waals surface area (Å²) in [7, 11) is 0. The number of esters is 1. The molecule has 5 nitrogen and oxygen atoms in total. The Morgan fingerprint density at radius 2 is 1.85 bits per heavy atom. The van der Waals surface area contributed by atoms with Gasteiger partial charge in [0.1, 0.15) is 11.9 Å². The van der Waals surface area contributed by atoms with Crippen LogP contribution in [0.4, 0.5) is 0 Å². The summed E-state index contributed by atoms with van der Waals surface area (Å²) in [6, 6.07) is 6.09. The van der Waals surface area contributed by atoms with Crippen LogP contribution in [-0.4, -0.2) is 39.6 Å². The number of phenols is 1. The van der Waals surface area contributed by atoms with Gasteiger partial charge in [-0.25, -0.2) is 4.79 Å². The number of benzene rings is 1. The molecular weight excluding hydrogens is 344 g/mol. The summed E-state index contributed by atoms with van der Waals surface area (Å²) in [6.07, 6.45) is 2.92. The van der Waals surface area contributed by atoms with Gasteiger partial charge in [-0.15, -0.1) is 0 Å². The van der Waals surface area contributed by atoms with Gasteiger partial charge in [0, 0.05) is 12.3 Å². The van der Waals surface area contributed by atoms with Crippen molar-refractivity contribution in [2.45, 2.75) is 76.8 Å². The number of hydrogen-bond acceptors (Lipinski definition) is 5. The Morgan fingerprint density at radius 1 is 1.19 bits per heavy atom. The van der Waals surface area contributed by atoms with Crippen molar-refractivity contribution < 1.29 is 24.5 Å². The van der Waals surface area contributed by atoms with Crippen molar-refractivity contribution >= 4 is 5.97 Å². The summed E-state index contributed by atoms with van der Waals surface area (Å²) in [4.78, 5) is 12.8. The van der Waals surface area contributed by atoms with Crippen LogP contribution in [0.5, 0.6) is 5.75 Å². The quantitative estimate of drug-likeness (QED) is 0.623. The number of carbonyl (C=O) groups is 1. The first-order valence-corrected chi connectivity index (χ1v) is 9.98. The summed E-state index contributed by atoms with van der Waals surface area (Å²) < 4.78 is 12.0. The summed E-state index contributed by atoms with van der Waals surface area (Å²) in [6.45, 7) is 8.40. The Labute approximate surface area is 160 Å². The second-order valence-corrected chi connectivity index (χ2v) is 9.60. The van der Waals surface area contributed by atoms with Gasteiger partial charge in [0.15, 0.2) is 0 Å². The topological polar surface area (TPSA) is 79.3 Å². The molecule has 2 N–H and O–H groups in total. The Hall–Kier alpha value is -1.59. The lowest BCUT2D eigenvalue weighted by Crippen LogP contribution is -2.50. The van der Waals surface area contributed by atoms with Gasteiger partial charge in [0.05, 0.1) is 22.9 Å². The summed E-state index contributed by atoms with van der Waals surface area (Å²) in [5.41, 5.74) is -0.826. The van der Waals surface area contributed by atoms with E-state index in [1.807, 2.05) is 0 Å².